The molecule has 5 atom stereocenters. The van der Waals surface area contributed by atoms with Gasteiger partial charge >= 0.3 is 0 Å². The van der Waals surface area contributed by atoms with Crippen LogP contribution in [-0.2, 0) is 4.79 Å². The van der Waals surface area contributed by atoms with Gasteiger partial charge in [0.15, 0.2) is 0 Å². The highest BCUT2D eigenvalue weighted by Gasteiger charge is 2.51. The summed E-state index contributed by atoms with van der Waals surface area (Å²) < 4.78 is 0. The van der Waals surface area contributed by atoms with Crippen LogP contribution in [0.4, 0.5) is 0 Å². The van der Waals surface area contributed by atoms with Crippen molar-refractivity contribution in [2.24, 2.45) is 11.3 Å². The summed E-state index contributed by atoms with van der Waals surface area (Å²) in [4.78, 5) is 16.2. The summed E-state index contributed by atoms with van der Waals surface area (Å²) in [6.07, 6.45) is 3.75. The number of halogens is 2. The monoisotopic (exact) mass is 501 g/mol. The Balaban J connectivity index is 2.23. The van der Waals surface area contributed by atoms with Crippen molar-refractivity contribution in [3.8, 4) is 0 Å². The van der Waals surface area contributed by atoms with Crippen molar-refractivity contribution in [2.45, 2.75) is 77.5 Å². The van der Waals surface area contributed by atoms with Gasteiger partial charge in [0.2, 0.25) is 5.91 Å². The number of rotatable bonds is 9. The number of amides is 1. The highest BCUT2D eigenvalue weighted by Crippen LogP contribution is 2.52. The van der Waals surface area contributed by atoms with Crippen molar-refractivity contribution in [3.05, 3.63) is 82.4 Å². The second-order valence-electron chi connectivity index (χ2n) is 10.3. The molecule has 5 heteroatoms. The smallest absolute Gasteiger partial charge is 0.229 e. The molecule has 1 aliphatic rings. The first-order valence-corrected chi connectivity index (χ1v) is 13.0. The van der Waals surface area contributed by atoms with E-state index in [4.69, 9.17) is 23.2 Å². The van der Waals surface area contributed by atoms with Crippen molar-refractivity contribution in [3.63, 3.8) is 0 Å². The van der Waals surface area contributed by atoms with Gasteiger partial charge in [-0.15, -0.1) is 6.58 Å². The highest BCUT2D eigenvalue weighted by atomic mass is 35.5. The number of hydrogen-bond donors (Lipinski definition) is 1. The Kier molecular flexibility index (Phi) is 8.89. The van der Waals surface area contributed by atoms with Gasteiger partial charge in [0.25, 0.3) is 0 Å². The number of allylic oxidation sites excluding steroid dienone is 1. The maximum Gasteiger partial charge on any atom is 0.229 e. The molecule has 3 rings (SSSR count). The largest absolute Gasteiger partial charge is 0.391 e. The summed E-state index contributed by atoms with van der Waals surface area (Å²) in [6, 6.07) is 15.1. The van der Waals surface area contributed by atoms with Crippen molar-refractivity contribution in [1.29, 1.82) is 0 Å². The minimum absolute atomic E-state index is 0.00262. The second-order valence-corrected chi connectivity index (χ2v) is 11.2. The minimum Gasteiger partial charge on any atom is -0.391 e. The van der Waals surface area contributed by atoms with Crippen LogP contribution in [0.25, 0.3) is 0 Å². The van der Waals surface area contributed by atoms with E-state index in [0.29, 0.717) is 41.6 Å². The van der Waals surface area contributed by atoms with Crippen LogP contribution in [-0.4, -0.2) is 28.1 Å². The number of aliphatic hydroxyl groups excluding tert-OH is 1. The molecule has 1 amide bonds. The van der Waals surface area contributed by atoms with Crippen LogP contribution in [0.1, 0.15) is 76.5 Å². The molecular formula is C29H37Cl2NO2. The molecule has 0 radical (unpaired) electrons. The fourth-order valence-corrected chi connectivity index (χ4v) is 5.87. The van der Waals surface area contributed by atoms with Gasteiger partial charge in [-0.1, -0.05) is 81.2 Å². The first-order valence-electron chi connectivity index (χ1n) is 12.2. The van der Waals surface area contributed by atoms with Gasteiger partial charge in [0.05, 0.1) is 23.6 Å². The molecule has 1 N–H and O–H groups in total. The van der Waals surface area contributed by atoms with Crippen molar-refractivity contribution in [1.82, 2.24) is 4.90 Å². The Labute approximate surface area is 214 Å². The van der Waals surface area contributed by atoms with E-state index >= 15 is 0 Å². The van der Waals surface area contributed by atoms with Crippen LogP contribution in [0.5, 0.6) is 0 Å². The normalized spacial score (nSPS) is 24.8. The van der Waals surface area contributed by atoms with Gasteiger partial charge in [-0.2, -0.15) is 0 Å². The predicted octanol–water partition coefficient (Wildman–Crippen LogP) is 7.82. The third kappa shape index (κ3) is 5.70. The van der Waals surface area contributed by atoms with Gasteiger partial charge in [0.1, 0.15) is 0 Å². The molecular weight excluding hydrogens is 465 g/mol. The number of aliphatic hydroxyl groups is 1. The zero-order chi connectivity index (χ0) is 25.0. The zero-order valence-electron chi connectivity index (χ0n) is 20.7. The minimum atomic E-state index is -0.622. The van der Waals surface area contributed by atoms with Gasteiger partial charge in [-0.05, 0) is 67.0 Å². The van der Waals surface area contributed by atoms with Crippen LogP contribution < -0.4 is 0 Å². The fraction of sp³-hybridized carbons (Fsp3) is 0.483. The summed E-state index contributed by atoms with van der Waals surface area (Å²) in [6.45, 7) is 12.2. The number of hydrogen-bond acceptors (Lipinski definition) is 2. The third-order valence-corrected chi connectivity index (χ3v) is 7.60. The second kappa shape index (κ2) is 11.3. The van der Waals surface area contributed by atoms with Crippen molar-refractivity contribution >= 4 is 29.1 Å². The average Bonchev–Trinajstić information content (AvgIpc) is 2.77. The molecule has 0 spiro atoms. The Morgan fingerprint density at radius 3 is 2.38 bits per heavy atom. The molecule has 1 aliphatic heterocycles. The summed E-state index contributed by atoms with van der Waals surface area (Å²) in [5, 5.41) is 12.6. The Morgan fingerprint density at radius 1 is 1.15 bits per heavy atom. The SMILES string of the molecule is C=CC[C@@]1(C)C[C@H](c2cccc(Cl)c2)[C@@H](c2ccc(Cl)cc2)N(C(CC)C(O)CC(C)C)C1=O. The van der Waals surface area contributed by atoms with E-state index in [1.54, 1.807) is 0 Å². The molecule has 1 fully saturated rings. The van der Waals surface area contributed by atoms with E-state index in [0.717, 1.165) is 11.1 Å². The van der Waals surface area contributed by atoms with E-state index in [-0.39, 0.29) is 23.9 Å². The van der Waals surface area contributed by atoms with Crippen molar-refractivity contribution < 1.29 is 9.90 Å². The Morgan fingerprint density at radius 2 is 1.82 bits per heavy atom. The third-order valence-electron chi connectivity index (χ3n) is 7.12. The lowest BCUT2D eigenvalue weighted by Crippen LogP contribution is -2.58. The number of carbonyl (C=O) groups excluding carboxylic acids is 1. The number of likely N-dealkylation sites (tertiary alicyclic amines) is 1. The fourth-order valence-electron chi connectivity index (χ4n) is 5.55. The molecule has 3 nitrogen and oxygen atoms in total. The number of piperidine rings is 1. The average molecular weight is 503 g/mol. The van der Waals surface area contributed by atoms with E-state index in [1.165, 1.54) is 0 Å². The van der Waals surface area contributed by atoms with Gasteiger partial charge in [-0.25, -0.2) is 0 Å². The van der Waals surface area contributed by atoms with E-state index in [2.05, 4.69) is 26.5 Å². The van der Waals surface area contributed by atoms with Crippen LogP contribution in [0.15, 0.2) is 61.2 Å². The molecule has 0 saturated carbocycles. The first kappa shape index (κ1) is 26.8. The van der Waals surface area contributed by atoms with Crippen molar-refractivity contribution in [2.75, 3.05) is 0 Å². The molecule has 184 valence electrons. The zero-order valence-corrected chi connectivity index (χ0v) is 22.2. The van der Waals surface area contributed by atoms with Crippen LogP contribution in [0.2, 0.25) is 10.0 Å². The molecule has 34 heavy (non-hydrogen) atoms. The molecule has 1 saturated heterocycles. The van der Waals surface area contributed by atoms with Gasteiger partial charge in [0, 0.05) is 16.0 Å². The standard InChI is InChI=1S/C29H37Cl2NO2/c1-6-15-29(5)18-24(21-9-8-10-23(31)17-21)27(20-11-13-22(30)14-12-20)32(28(29)34)25(7-2)26(33)16-19(3)4/h6,8-14,17,19,24-27,33H,1,7,15-16,18H2,2-5H3/t24-,25?,26?,27-,29+/m1/s1. The Hall–Kier alpha value is -1.81. The number of carbonyl (C=O) groups is 1. The molecule has 0 bridgehead atoms. The van der Waals surface area contributed by atoms with Crippen LogP contribution in [0, 0.1) is 11.3 Å². The molecule has 2 aromatic rings. The van der Waals surface area contributed by atoms with E-state index < -0.39 is 11.5 Å². The number of nitrogens with zero attached hydrogens (tertiary/aromatic N) is 1. The van der Waals surface area contributed by atoms with Gasteiger partial charge in [-0.3, -0.25) is 4.79 Å². The molecule has 2 unspecified atom stereocenters. The lowest BCUT2D eigenvalue weighted by Gasteiger charge is -2.53. The predicted molar refractivity (Wildman–Crippen MR) is 142 cm³/mol. The topological polar surface area (TPSA) is 40.5 Å². The molecule has 2 aromatic carbocycles. The van der Waals surface area contributed by atoms with Crippen LogP contribution >= 0.6 is 23.2 Å². The summed E-state index contributed by atoms with van der Waals surface area (Å²) in [5.74, 6) is 0.393. The summed E-state index contributed by atoms with van der Waals surface area (Å²) in [5.41, 5.74) is 1.48. The lowest BCUT2D eigenvalue weighted by atomic mass is 9.66. The first-order chi connectivity index (χ1) is 16.1. The maximum absolute atomic E-state index is 14.2. The molecule has 0 aliphatic carbocycles. The highest BCUT2D eigenvalue weighted by molar-refractivity contribution is 6.30. The molecule has 0 aromatic heterocycles. The maximum atomic E-state index is 14.2. The van der Waals surface area contributed by atoms with E-state index in [1.807, 2.05) is 67.3 Å². The molecule has 1 heterocycles. The quantitative estimate of drug-likeness (QED) is 0.355. The van der Waals surface area contributed by atoms with Crippen LogP contribution in [0.3, 0.4) is 0 Å². The summed E-state index contributed by atoms with van der Waals surface area (Å²) >= 11 is 12.6. The van der Waals surface area contributed by atoms with Gasteiger partial charge < -0.3 is 10.0 Å². The number of benzene rings is 2. The Bertz CT molecular complexity index is 990. The summed E-state index contributed by atoms with van der Waals surface area (Å²) in [7, 11) is 0. The van der Waals surface area contributed by atoms with E-state index in [9.17, 15) is 9.90 Å². The lowest BCUT2D eigenvalue weighted by molar-refractivity contribution is -0.158.